The Kier molecular flexibility index (Phi) is 6.32. The van der Waals surface area contributed by atoms with Gasteiger partial charge in [0.25, 0.3) is 10.0 Å². The van der Waals surface area contributed by atoms with E-state index < -0.39 is 10.0 Å². The Balaban J connectivity index is 2.08. The van der Waals surface area contributed by atoms with Crippen molar-refractivity contribution in [3.63, 3.8) is 0 Å². The number of hydrogen-bond acceptors (Lipinski definition) is 6. The predicted molar refractivity (Wildman–Crippen MR) is 104 cm³/mol. The molecule has 7 nitrogen and oxygen atoms in total. The lowest BCUT2D eigenvalue weighted by Crippen LogP contribution is -2.22. The van der Waals surface area contributed by atoms with Gasteiger partial charge in [-0.1, -0.05) is 0 Å². The first-order valence-electron chi connectivity index (χ1n) is 8.20. The summed E-state index contributed by atoms with van der Waals surface area (Å²) in [7, 11) is -0.912. The Morgan fingerprint density at radius 2 is 1.59 bits per heavy atom. The minimum absolute atomic E-state index is 0.0197. The zero-order valence-electron chi connectivity index (χ0n) is 16.0. The van der Waals surface area contributed by atoms with Gasteiger partial charge in [-0.3, -0.25) is 0 Å². The highest BCUT2D eigenvalue weighted by Crippen LogP contribution is 2.29. The first-order chi connectivity index (χ1) is 12.6. The second kappa shape index (κ2) is 8.30. The third-order valence-corrected chi connectivity index (χ3v) is 4.58. The fraction of sp³-hybridized carbons (Fsp3) is 0.316. The summed E-state index contributed by atoms with van der Waals surface area (Å²) < 4.78 is 40.7. The van der Waals surface area contributed by atoms with Gasteiger partial charge in [0.15, 0.2) is 11.5 Å². The van der Waals surface area contributed by atoms with Crippen LogP contribution in [0.15, 0.2) is 52.5 Å². The molecule has 2 rings (SSSR count). The summed E-state index contributed by atoms with van der Waals surface area (Å²) in [5, 5.41) is 3.82. The highest BCUT2D eigenvalue weighted by molar-refractivity contribution is 7.89. The van der Waals surface area contributed by atoms with Crippen molar-refractivity contribution in [2.75, 3.05) is 14.2 Å². The number of nitrogens with zero attached hydrogens (tertiary/aromatic N) is 1. The van der Waals surface area contributed by atoms with E-state index in [1.54, 1.807) is 24.3 Å². The van der Waals surface area contributed by atoms with Crippen LogP contribution in [0.3, 0.4) is 0 Å². The molecule has 0 bridgehead atoms. The molecule has 0 heterocycles. The van der Waals surface area contributed by atoms with Crippen LogP contribution in [0.25, 0.3) is 0 Å². The number of hydrazone groups is 1. The molecule has 0 saturated heterocycles. The molecule has 0 aromatic heterocycles. The Hall–Kier alpha value is -2.74. The van der Waals surface area contributed by atoms with E-state index in [4.69, 9.17) is 14.2 Å². The van der Waals surface area contributed by atoms with Crippen molar-refractivity contribution >= 4 is 16.2 Å². The fourth-order valence-corrected chi connectivity index (χ4v) is 2.99. The zero-order valence-corrected chi connectivity index (χ0v) is 16.8. The molecule has 2 aromatic carbocycles. The maximum Gasteiger partial charge on any atom is 0.276 e. The highest BCUT2D eigenvalue weighted by atomic mass is 32.2. The normalized spacial score (nSPS) is 12.0. The summed E-state index contributed by atoms with van der Waals surface area (Å²) in [6, 6.07) is 11.5. The predicted octanol–water partition coefficient (Wildman–Crippen LogP) is 3.19. The molecule has 0 aliphatic heterocycles. The molecule has 146 valence electrons. The van der Waals surface area contributed by atoms with Gasteiger partial charge in [0, 0.05) is 6.07 Å². The van der Waals surface area contributed by atoms with Gasteiger partial charge in [0.2, 0.25) is 0 Å². The smallest absolute Gasteiger partial charge is 0.276 e. The first-order valence-corrected chi connectivity index (χ1v) is 9.69. The lowest BCUT2D eigenvalue weighted by Gasteiger charge is -2.21. The number of ether oxygens (including phenoxy) is 3. The molecule has 0 amide bonds. The molecule has 0 atom stereocenters. The molecule has 0 aliphatic carbocycles. The average molecular weight is 392 g/mol. The van der Waals surface area contributed by atoms with E-state index in [1.807, 2.05) is 20.8 Å². The summed E-state index contributed by atoms with van der Waals surface area (Å²) in [5.41, 5.74) is 0.441. The minimum Gasteiger partial charge on any atom is -0.493 e. The van der Waals surface area contributed by atoms with Crippen molar-refractivity contribution in [1.29, 1.82) is 0 Å². The van der Waals surface area contributed by atoms with Gasteiger partial charge in [0.1, 0.15) is 11.4 Å². The van der Waals surface area contributed by atoms with Gasteiger partial charge in [-0.05, 0) is 62.7 Å². The lowest BCUT2D eigenvalue weighted by molar-refractivity contribution is 0.131. The van der Waals surface area contributed by atoms with E-state index in [2.05, 4.69) is 9.93 Å². The van der Waals surface area contributed by atoms with Crippen LogP contribution < -0.4 is 19.0 Å². The second-order valence-corrected chi connectivity index (χ2v) is 8.31. The SMILES string of the molecule is COc1ccc(S(=O)(=O)N/N=C/c2ccc(OC(C)(C)C)cc2)cc1OC. The molecule has 0 saturated carbocycles. The quantitative estimate of drug-likeness (QED) is 0.578. The van der Waals surface area contributed by atoms with E-state index in [0.717, 1.165) is 11.3 Å². The van der Waals surface area contributed by atoms with E-state index in [0.29, 0.717) is 11.5 Å². The fourth-order valence-electron chi connectivity index (χ4n) is 2.18. The molecule has 1 N–H and O–H groups in total. The van der Waals surface area contributed by atoms with Crippen LogP contribution in [-0.2, 0) is 10.0 Å². The second-order valence-electron chi connectivity index (χ2n) is 6.65. The van der Waals surface area contributed by atoms with Gasteiger partial charge in [0.05, 0.1) is 25.3 Å². The molecule has 0 fully saturated rings. The van der Waals surface area contributed by atoms with Crippen LogP contribution in [0.1, 0.15) is 26.3 Å². The summed E-state index contributed by atoms with van der Waals surface area (Å²) >= 11 is 0. The Morgan fingerprint density at radius 3 is 2.15 bits per heavy atom. The van der Waals surface area contributed by atoms with Gasteiger partial charge < -0.3 is 14.2 Å². The van der Waals surface area contributed by atoms with Gasteiger partial charge in [-0.2, -0.15) is 13.5 Å². The number of methoxy groups -OCH3 is 2. The number of sulfonamides is 1. The van der Waals surface area contributed by atoms with Crippen molar-refractivity contribution in [2.24, 2.45) is 5.10 Å². The zero-order chi connectivity index (χ0) is 20.1. The van der Waals surface area contributed by atoms with Gasteiger partial charge in [-0.25, -0.2) is 4.83 Å². The Bertz CT molecular complexity index is 901. The summed E-state index contributed by atoms with van der Waals surface area (Å²) in [4.78, 5) is 2.20. The minimum atomic E-state index is -3.83. The van der Waals surface area contributed by atoms with Crippen molar-refractivity contribution in [3.05, 3.63) is 48.0 Å². The summed E-state index contributed by atoms with van der Waals surface area (Å²) in [5.74, 6) is 1.49. The van der Waals surface area contributed by atoms with Crippen LogP contribution in [0.2, 0.25) is 0 Å². The molecule has 8 heteroatoms. The Labute approximate surface area is 160 Å². The molecular weight excluding hydrogens is 368 g/mol. The van der Waals surface area contributed by atoms with Crippen LogP contribution >= 0.6 is 0 Å². The largest absolute Gasteiger partial charge is 0.493 e. The molecular formula is C19H24N2O5S. The van der Waals surface area contributed by atoms with E-state index in [9.17, 15) is 8.42 Å². The number of nitrogens with one attached hydrogen (secondary N) is 1. The third-order valence-electron chi connectivity index (χ3n) is 3.36. The Morgan fingerprint density at radius 1 is 0.963 bits per heavy atom. The molecule has 2 aromatic rings. The average Bonchev–Trinajstić information content (AvgIpc) is 2.61. The van der Waals surface area contributed by atoms with Gasteiger partial charge >= 0.3 is 0 Å². The maximum absolute atomic E-state index is 12.4. The molecule has 0 spiro atoms. The van der Waals surface area contributed by atoms with Crippen LogP contribution in [0.4, 0.5) is 0 Å². The lowest BCUT2D eigenvalue weighted by atomic mass is 10.2. The number of hydrogen-bond donors (Lipinski definition) is 1. The van der Waals surface area contributed by atoms with Crippen LogP contribution in [0.5, 0.6) is 17.2 Å². The monoisotopic (exact) mass is 392 g/mol. The molecule has 0 unspecified atom stereocenters. The molecule has 0 radical (unpaired) electrons. The molecule has 0 aliphatic rings. The number of rotatable bonds is 7. The van der Waals surface area contributed by atoms with Crippen molar-refractivity contribution in [2.45, 2.75) is 31.3 Å². The highest BCUT2D eigenvalue weighted by Gasteiger charge is 2.16. The first kappa shape index (κ1) is 20.6. The van der Waals surface area contributed by atoms with E-state index in [-0.39, 0.29) is 10.5 Å². The van der Waals surface area contributed by atoms with Crippen LogP contribution in [0, 0.1) is 0 Å². The van der Waals surface area contributed by atoms with Crippen LogP contribution in [-0.4, -0.2) is 34.5 Å². The molecule has 27 heavy (non-hydrogen) atoms. The van der Waals surface area contributed by atoms with Crippen molar-refractivity contribution in [1.82, 2.24) is 4.83 Å². The van der Waals surface area contributed by atoms with Crippen molar-refractivity contribution < 1.29 is 22.6 Å². The van der Waals surface area contributed by atoms with Crippen molar-refractivity contribution in [3.8, 4) is 17.2 Å². The summed E-state index contributed by atoms with van der Waals surface area (Å²) in [6.45, 7) is 5.89. The third kappa shape index (κ3) is 5.89. The van der Waals surface area contributed by atoms with Gasteiger partial charge in [-0.15, -0.1) is 0 Å². The summed E-state index contributed by atoms with van der Waals surface area (Å²) in [6.07, 6.45) is 1.42. The topological polar surface area (TPSA) is 86.2 Å². The van der Waals surface area contributed by atoms with E-state index >= 15 is 0 Å². The van der Waals surface area contributed by atoms with E-state index in [1.165, 1.54) is 38.6 Å². The maximum atomic E-state index is 12.4. The number of benzene rings is 2. The standard InChI is InChI=1S/C19H24N2O5S/c1-19(2,3)26-15-8-6-14(7-9-15)13-20-21-27(22,23)16-10-11-17(24-4)18(12-16)25-5/h6-13,21H,1-5H3/b20-13+.